The molecular weight excluding hydrogens is 384 g/mol. The van der Waals surface area contributed by atoms with Crippen LogP contribution in [-0.2, 0) is 6.54 Å². The minimum Gasteiger partial charge on any atom is -0.476 e. The summed E-state index contributed by atoms with van der Waals surface area (Å²) in [4.78, 5) is 36.5. The van der Waals surface area contributed by atoms with Crippen molar-refractivity contribution < 1.29 is 14.7 Å². The number of carbonyl (C=O) groups is 2. The highest BCUT2D eigenvalue weighted by Crippen LogP contribution is 2.22. The van der Waals surface area contributed by atoms with Gasteiger partial charge in [-0.05, 0) is 34.1 Å². The molecule has 2 aromatic heterocycles. The first-order chi connectivity index (χ1) is 11.0. The maximum absolute atomic E-state index is 12.4. The lowest BCUT2D eigenvalue weighted by Crippen LogP contribution is -2.29. The Hall–Kier alpha value is -2.32. The van der Waals surface area contributed by atoms with Gasteiger partial charge in [0.2, 0.25) is 0 Å². The van der Waals surface area contributed by atoms with Crippen molar-refractivity contribution in [2.45, 2.75) is 6.54 Å². The number of halogens is 1. The monoisotopic (exact) mass is 392 g/mol. The number of carbonyl (C=O) groups excluding carboxylic acids is 1. The van der Waals surface area contributed by atoms with Crippen molar-refractivity contribution in [2.24, 2.45) is 0 Å². The number of fused-ring (bicyclic) bond motifs is 1. The number of nitrogens with zero attached hydrogens (tertiary/aromatic N) is 2. The van der Waals surface area contributed by atoms with Crippen LogP contribution in [0.2, 0.25) is 0 Å². The van der Waals surface area contributed by atoms with Crippen molar-refractivity contribution in [2.75, 3.05) is 0 Å². The van der Waals surface area contributed by atoms with E-state index in [4.69, 9.17) is 0 Å². The van der Waals surface area contributed by atoms with Gasteiger partial charge in [-0.2, -0.15) is 5.10 Å². The van der Waals surface area contributed by atoms with Crippen LogP contribution in [0.1, 0.15) is 20.2 Å². The number of hydrogen-bond acceptors (Lipinski definition) is 5. The molecule has 0 saturated carbocycles. The van der Waals surface area contributed by atoms with Crippen LogP contribution in [-0.4, -0.2) is 26.6 Å². The molecule has 8 heteroatoms. The van der Waals surface area contributed by atoms with Gasteiger partial charge in [0.25, 0.3) is 5.56 Å². The van der Waals surface area contributed by atoms with Crippen LogP contribution in [0.25, 0.3) is 10.8 Å². The van der Waals surface area contributed by atoms with Crippen LogP contribution >= 0.6 is 27.3 Å². The number of hydrogen-bond donors (Lipinski definition) is 1. The van der Waals surface area contributed by atoms with Gasteiger partial charge in [-0.25, -0.2) is 9.48 Å². The van der Waals surface area contributed by atoms with Crippen molar-refractivity contribution in [3.05, 3.63) is 61.1 Å². The molecule has 0 aliphatic rings. The van der Waals surface area contributed by atoms with Crippen molar-refractivity contribution >= 4 is 49.8 Å². The lowest BCUT2D eigenvalue weighted by atomic mass is 10.1. The first-order valence-corrected chi connectivity index (χ1v) is 8.10. The van der Waals surface area contributed by atoms with Crippen LogP contribution < -0.4 is 5.56 Å². The van der Waals surface area contributed by atoms with E-state index in [1.165, 1.54) is 23.5 Å². The Labute approximate surface area is 142 Å². The second-order valence-corrected chi connectivity index (χ2v) is 7.15. The summed E-state index contributed by atoms with van der Waals surface area (Å²) in [7, 11) is 0. The molecule has 6 nitrogen and oxygen atoms in total. The Bertz CT molecular complexity index is 993. The highest BCUT2D eigenvalue weighted by atomic mass is 79.9. The van der Waals surface area contributed by atoms with E-state index in [0.717, 1.165) is 8.47 Å². The number of carboxylic acids is 1. The van der Waals surface area contributed by atoms with E-state index in [1.807, 2.05) is 0 Å². The second-order valence-electron chi connectivity index (χ2n) is 4.69. The summed E-state index contributed by atoms with van der Waals surface area (Å²) in [6.07, 6.45) is 0. The fraction of sp³-hybridized carbons (Fsp3) is 0.0667. The molecule has 3 rings (SSSR count). The summed E-state index contributed by atoms with van der Waals surface area (Å²) >= 11 is 4.51. The maximum Gasteiger partial charge on any atom is 0.357 e. The second kappa shape index (κ2) is 6.05. The third-order valence-electron chi connectivity index (χ3n) is 3.21. The number of thiophene rings is 1. The average molecular weight is 393 g/mol. The number of benzene rings is 1. The lowest BCUT2D eigenvalue weighted by molar-refractivity contribution is 0.0688. The molecule has 0 amide bonds. The molecule has 0 bridgehead atoms. The molecule has 0 fully saturated rings. The van der Waals surface area contributed by atoms with Crippen LogP contribution in [0, 0.1) is 0 Å². The molecule has 0 unspecified atom stereocenters. The molecule has 0 aliphatic heterocycles. The molecule has 0 spiro atoms. The maximum atomic E-state index is 12.4. The number of rotatable bonds is 4. The summed E-state index contributed by atoms with van der Waals surface area (Å²) in [5.41, 5.74) is -0.741. The first kappa shape index (κ1) is 15.6. The topological polar surface area (TPSA) is 89.3 Å². The molecule has 0 saturated heterocycles. The Morgan fingerprint density at radius 1 is 1.17 bits per heavy atom. The van der Waals surface area contributed by atoms with Crippen molar-refractivity contribution in [3.8, 4) is 0 Å². The van der Waals surface area contributed by atoms with E-state index < -0.39 is 11.5 Å². The molecule has 23 heavy (non-hydrogen) atoms. The van der Waals surface area contributed by atoms with E-state index in [1.54, 1.807) is 24.3 Å². The lowest BCUT2D eigenvalue weighted by Gasteiger charge is -2.07. The summed E-state index contributed by atoms with van der Waals surface area (Å²) in [5, 5.41) is 13.6. The zero-order chi connectivity index (χ0) is 16.6. The van der Waals surface area contributed by atoms with Gasteiger partial charge in [0.1, 0.15) is 6.54 Å². The summed E-state index contributed by atoms with van der Waals surface area (Å²) < 4.78 is 1.70. The summed E-state index contributed by atoms with van der Waals surface area (Å²) in [6.45, 7) is -0.309. The molecular formula is C15H9BrN2O4S. The number of aromatic nitrogens is 2. The third-order valence-corrected chi connectivity index (χ3v) is 4.88. The summed E-state index contributed by atoms with van der Waals surface area (Å²) in [5.74, 6) is -1.55. The Balaban J connectivity index is 2.11. The molecule has 0 atom stereocenters. The van der Waals surface area contributed by atoms with Gasteiger partial charge in [-0.15, -0.1) is 11.3 Å². The van der Waals surface area contributed by atoms with Crippen LogP contribution in [0.3, 0.4) is 0 Å². The van der Waals surface area contributed by atoms with Gasteiger partial charge in [-0.3, -0.25) is 9.59 Å². The van der Waals surface area contributed by atoms with Crippen molar-refractivity contribution in [1.29, 1.82) is 0 Å². The van der Waals surface area contributed by atoms with Crippen LogP contribution in [0.5, 0.6) is 0 Å². The minimum absolute atomic E-state index is 0.222. The van der Waals surface area contributed by atoms with E-state index in [9.17, 15) is 19.5 Å². The van der Waals surface area contributed by atoms with Crippen molar-refractivity contribution in [1.82, 2.24) is 9.78 Å². The first-order valence-electron chi connectivity index (χ1n) is 6.49. The normalized spacial score (nSPS) is 10.8. The van der Waals surface area contributed by atoms with Gasteiger partial charge >= 0.3 is 5.97 Å². The Morgan fingerprint density at radius 2 is 1.87 bits per heavy atom. The highest BCUT2D eigenvalue weighted by molar-refractivity contribution is 9.11. The number of Topliss-reactive ketones (excluding diaryl/α,β-unsaturated/α-hetero) is 1. The fourth-order valence-electron chi connectivity index (χ4n) is 2.18. The molecule has 0 aliphatic carbocycles. The summed E-state index contributed by atoms with van der Waals surface area (Å²) in [6, 6.07) is 9.69. The highest BCUT2D eigenvalue weighted by Gasteiger charge is 2.18. The smallest absolute Gasteiger partial charge is 0.357 e. The predicted octanol–water partition coefficient (Wildman–Crippen LogP) is 2.80. The largest absolute Gasteiger partial charge is 0.476 e. The molecule has 116 valence electrons. The zero-order valence-electron chi connectivity index (χ0n) is 11.5. The number of ketones is 1. The standard InChI is InChI=1S/C15H9BrN2O4S/c16-12-6-5-11(23-12)10(19)7-18-14(20)9-4-2-1-3-8(9)13(17-18)15(21)22/h1-6H,7H2,(H,21,22). The van der Waals surface area contributed by atoms with Gasteiger partial charge in [0.05, 0.1) is 14.0 Å². The van der Waals surface area contributed by atoms with Gasteiger partial charge in [0.15, 0.2) is 11.5 Å². The van der Waals surface area contributed by atoms with Crippen LogP contribution in [0.4, 0.5) is 0 Å². The van der Waals surface area contributed by atoms with E-state index in [0.29, 0.717) is 4.88 Å². The van der Waals surface area contributed by atoms with E-state index >= 15 is 0 Å². The predicted molar refractivity (Wildman–Crippen MR) is 89.3 cm³/mol. The van der Waals surface area contributed by atoms with E-state index in [2.05, 4.69) is 21.0 Å². The molecule has 1 aromatic carbocycles. The Kier molecular flexibility index (Phi) is 4.10. The Morgan fingerprint density at radius 3 is 2.48 bits per heavy atom. The fourth-order valence-corrected chi connectivity index (χ4v) is 3.49. The van der Waals surface area contributed by atoms with Gasteiger partial charge in [0, 0.05) is 5.39 Å². The molecule has 1 N–H and O–H groups in total. The quantitative estimate of drug-likeness (QED) is 0.689. The number of aromatic carboxylic acids is 1. The third kappa shape index (κ3) is 2.95. The molecule has 3 aromatic rings. The van der Waals surface area contributed by atoms with Crippen LogP contribution in [0.15, 0.2) is 45.0 Å². The van der Waals surface area contributed by atoms with Gasteiger partial charge < -0.3 is 5.11 Å². The van der Waals surface area contributed by atoms with Crippen molar-refractivity contribution in [3.63, 3.8) is 0 Å². The molecule has 2 heterocycles. The number of carboxylic acid groups (broad SMARTS) is 1. The molecule has 0 radical (unpaired) electrons. The average Bonchev–Trinajstić information content (AvgIpc) is 2.96. The zero-order valence-corrected chi connectivity index (χ0v) is 13.9. The van der Waals surface area contributed by atoms with Gasteiger partial charge in [-0.1, -0.05) is 18.2 Å². The minimum atomic E-state index is -1.25. The van der Waals surface area contributed by atoms with E-state index in [-0.39, 0.29) is 28.8 Å². The SMILES string of the molecule is O=C(Cn1nc(C(=O)O)c2ccccc2c1=O)c1ccc(Br)s1.